The second-order valence-electron chi connectivity index (χ2n) is 6.52. The Morgan fingerprint density at radius 2 is 2.00 bits per heavy atom. The molecule has 20 heavy (non-hydrogen) atoms. The number of hydrogen-bond acceptors (Lipinski definition) is 3. The Bertz CT molecular complexity index is 567. The van der Waals surface area contributed by atoms with E-state index in [0.29, 0.717) is 6.04 Å². The summed E-state index contributed by atoms with van der Waals surface area (Å²) < 4.78 is 1.31. The highest BCUT2D eigenvalue weighted by atomic mass is 32.1. The molecule has 3 rings (SSSR count). The predicted octanol–water partition coefficient (Wildman–Crippen LogP) is 4.63. The maximum Gasteiger partial charge on any atom is 0.0809 e. The van der Waals surface area contributed by atoms with Gasteiger partial charge >= 0.3 is 0 Å². The molecule has 1 saturated carbocycles. The van der Waals surface area contributed by atoms with Crippen molar-refractivity contribution in [3.63, 3.8) is 0 Å². The minimum Gasteiger partial charge on any atom is -0.313 e. The van der Waals surface area contributed by atoms with Crippen LogP contribution in [0.4, 0.5) is 0 Å². The molecule has 1 N–H and O–H groups in total. The number of aromatic nitrogens is 1. The smallest absolute Gasteiger partial charge is 0.0809 e. The summed E-state index contributed by atoms with van der Waals surface area (Å²) in [4.78, 5) is 4.61. The number of nitrogens with one attached hydrogen (secondary N) is 1. The van der Waals surface area contributed by atoms with Crippen LogP contribution in [0, 0.1) is 17.8 Å². The van der Waals surface area contributed by atoms with Crippen LogP contribution in [-0.4, -0.2) is 12.0 Å². The largest absolute Gasteiger partial charge is 0.313 e. The summed E-state index contributed by atoms with van der Waals surface area (Å²) in [7, 11) is 2.09. The van der Waals surface area contributed by atoms with Crippen LogP contribution in [0.5, 0.6) is 0 Å². The van der Waals surface area contributed by atoms with Crippen molar-refractivity contribution in [3.05, 3.63) is 29.3 Å². The summed E-state index contributed by atoms with van der Waals surface area (Å²) in [5.41, 5.74) is 2.48. The van der Waals surface area contributed by atoms with Gasteiger partial charge in [0.2, 0.25) is 0 Å². The average molecular weight is 288 g/mol. The van der Waals surface area contributed by atoms with E-state index in [1.165, 1.54) is 29.5 Å². The number of hydrogen-bond donors (Lipinski definition) is 1. The Kier molecular flexibility index (Phi) is 4.08. The van der Waals surface area contributed by atoms with Gasteiger partial charge in [-0.05, 0) is 67.1 Å². The van der Waals surface area contributed by atoms with E-state index in [0.717, 1.165) is 23.3 Å². The zero-order valence-electron chi connectivity index (χ0n) is 12.6. The van der Waals surface area contributed by atoms with Crippen LogP contribution in [0.2, 0.25) is 0 Å². The standard InChI is InChI=1S/C17H24N2S/c1-11-6-12(2)8-13(7-11)17(18-3)14-9-16-15(19-10-14)4-5-20-16/h4-5,9-13,17-18H,6-8H2,1-3H3. The molecule has 1 fully saturated rings. The Balaban J connectivity index is 1.88. The molecule has 1 aliphatic rings. The van der Waals surface area contributed by atoms with E-state index >= 15 is 0 Å². The third-order valence-electron chi connectivity index (χ3n) is 4.68. The quantitative estimate of drug-likeness (QED) is 0.890. The molecule has 3 unspecified atom stereocenters. The molecule has 3 heteroatoms. The van der Waals surface area contributed by atoms with Crippen molar-refractivity contribution in [3.8, 4) is 0 Å². The highest BCUT2D eigenvalue weighted by Crippen LogP contribution is 2.40. The molecule has 0 aromatic carbocycles. The van der Waals surface area contributed by atoms with Crippen molar-refractivity contribution < 1.29 is 0 Å². The van der Waals surface area contributed by atoms with Gasteiger partial charge in [0.1, 0.15) is 0 Å². The second kappa shape index (κ2) is 5.82. The zero-order valence-corrected chi connectivity index (χ0v) is 13.4. The number of pyridine rings is 1. The Labute approximate surface area is 125 Å². The lowest BCUT2D eigenvalue weighted by atomic mass is 9.72. The fourth-order valence-corrected chi connectivity index (χ4v) is 4.78. The van der Waals surface area contributed by atoms with Gasteiger partial charge in [0.25, 0.3) is 0 Å². The second-order valence-corrected chi connectivity index (χ2v) is 7.46. The lowest BCUT2D eigenvalue weighted by molar-refractivity contribution is 0.180. The molecule has 0 aliphatic heterocycles. The summed E-state index contributed by atoms with van der Waals surface area (Å²) in [5, 5.41) is 5.68. The molecular formula is C17H24N2S. The van der Waals surface area contributed by atoms with Gasteiger partial charge in [-0.25, -0.2) is 0 Å². The van der Waals surface area contributed by atoms with Crippen molar-refractivity contribution >= 4 is 21.6 Å². The summed E-state index contributed by atoms with van der Waals surface area (Å²) >= 11 is 1.79. The van der Waals surface area contributed by atoms with Gasteiger partial charge in [0.15, 0.2) is 0 Å². The first-order chi connectivity index (χ1) is 9.67. The van der Waals surface area contributed by atoms with E-state index in [9.17, 15) is 0 Å². The van der Waals surface area contributed by atoms with E-state index in [-0.39, 0.29) is 0 Å². The van der Waals surface area contributed by atoms with Crippen molar-refractivity contribution in [1.29, 1.82) is 0 Å². The lowest BCUT2D eigenvalue weighted by Gasteiger charge is -2.36. The van der Waals surface area contributed by atoms with Gasteiger partial charge < -0.3 is 5.32 Å². The fourth-order valence-electron chi connectivity index (χ4n) is 3.99. The van der Waals surface area contributed by atoms with Crippen molar-refractivity contribution in [2.75, 3.05) is 7.05 Å². The summed E-state index contributed by atoms with van der Waals surface area (Å²) in [6, 6.07) is 4.88. The van der Waals surface area contributed by atoms with Gasteiger partial charge in [-0.3, -0.25) is 4.98 Å². The first kappa shape index (κ1) is 14.0. The summed E-state index contributed by atoms with van der Waals surface area (Å²) in [5.74, 6) is 2.43. The normalized spacial score (nSPS) is 28.6. The van der Waals surface area contributed by atoms with E-state index in [1.54, 1.807) is 11.3 Å². The number of thiophene rings is 1. The summed E-state index contributed by atoms with van der Waals surface area (Å²) in [6.07, 6.45) is 6.12. The van der Waals surface area contributed by atoms with Crippen LogP contribution in [0.15, 0.2) is 23.7 Å². The lowest BCUT2D eigenvalue weighted by Crippen LogP contribution is -2.31. The average Bonchev–Trinajstić information content (AvgIpc) is 2.86. The fraction of sp³-hybridized carbons (Fsp3) is 0.588. The van der Waals surface area contributed by atoms with Gasteiger partial charge in [0.05, 0.1) is 10.2 Å². The summed E-state index contributed by atoms with van der Waals surface area (Å²) in [6.45, 7) is 4.80. The van der Waals surface area contributed by atoms with Crippen molar-refractivity contribution in [1.82, 2.24) is 10.3 Å². The molecule has 0 bridgehead atoms. The first-order valence-corrected chi connectivity index (χ1v) is 8.55. The van der Waals surface area contributed by atoms with Crippen LogP contribution < -0.4 is 5.32 Å². The van der Waals surface area contributed by atoms with Crippen molar-refractivity contribution in [2.45, 2.75) is 39.2 Å². The molecule has 0 saturated heterocycles. The topological polar surface area (TPSA) is 24.9 Å². The van der Waals surface area contributed by atoms with Gasteiger partial charge in [0, 0.05) is 12.2 Å². The third kappa shape index (κ3) is 2.75. The first-order valence-electron chi connectivity index (χ1n) is 7.67. The molecule has 108 valence electrons. The van der Waals surface area contributed by atoms with E-state index < -0.39 is 0 Å². The predicted molar refractivity (Wildman–Crippen MR) is 87.1 cm³/mol. The maximum absolute atomic E-state index is 4.61. The number of nitrogens with zero attached hydrogens (tertiary/aromatic N) is 1. The minimum atomic E-state index is 0.444. The monoisotopic (exact) mass is 288 g/mol. The van der Waals surface area contributed by atoms with Gasteiger partial charge in [-0.1, -0.05) is 13.8 Å². The molecule has 3 atom stereocenters. The van der Waals surface area contributed by atoms with Crippen LogP contribution in [-0.2, 0) is 0 Å². The van der Waals surface area contributed by atoms with Crippen LogP contribution in [0.3, 0.4) is 0 Å². The highest BCUT2D eigenvalue weighted by Gasteiger charge is 2.30. The highest BCUT2D eigenvalue weighted by molar-refractivity contribution is 7.17. The molecule has 2 nitrogen and oxygen atoms in total. The van der Waals surface area contributed by atoms with Gasteiger partial charge in [-0.15, -0.1) is 11.3 Å². The molecular weight excluding hydrogens is 264 g/mol. The molecule has 1 aliphatic carbocycles. The minimum absolute atomic E-state index is 0.444. The Hall–Kier alpha value is -0.930. The van der Waals surface area contributed by atoms with Gasteiger partial charge in [-0.2, -0.15) is 0 Å². The molecule has 0 spiro atoms. The van der Waals surface area contributed by atoms with E-state index in [2.05, 4.69) is 54.9 Å². The number of rotatable bonds is 3. The van der Waals surface area contributed by atoms with E-state index in [4.69, 9.17) is 0 Å². The van der Waals surface area contributed by atoms with Crippen LogP contribution in [0.25, 0.3) is 10.2 Å². The third-order valence-corrected chi connectivity index (χ3v) is 5.53. The van der Waals surface area contributed by atoms with E-state index in [1.807, 2.05) is 0 Å². The molecule has 0 radical (unpaired) electrons. The number of fused-ring (bicyclic) bond motifs is 1. The molecule has 2 heterocycles. The molecule has 2 aromatic heterocycles. The zero-order chi connectivity index (χ0) is 14.1. The molecule has 0 amide bonds. The Morgan fingerprint density at radius 1 is 1.25 bits per heavy atom. The maximum atomic E-state index is 4.61. The van der Waals surface area contributed by atoms with Crippen molar-refractivity contribution in [2.24, 2.45) is 17.8 Å². The molecule has 2 aromatic rings. The Morgan fingerprint density at radius 3 is 2.70 bits per heavy atom. The SMILES string of the molecule is CNC(c1cnc2ccsc2c1)C1CC(C)CC(C)C1. The van der Waals surface area contributed by atoms with Crippen LogP contribution in [0.1, 0.15) is 44.7 Å². The van der Waals surface area contributed by atoms with Crippen LogP contribution >= 0.6 is 11.3 Å².